The Morgan fingerprint density at radius 1 is 1.23 bits per heavy atom. The SMILES string of the molecule is NS(=O)(=O)c1ccc(CN=O)cc1. The average Bonchev–Trinajstić information content (AvgIpc) is 2.04. The molecule has 0 bridgehead atoms. The van der Waals surface area contributed by atoms with Crippen LogP contribution in [0, 0.1) is 4.91 Å². The first kappa shape index (κ1) is 9.82. The number of rotatable bonds is 3. The molecule has 13 heavy (non-hydrogen) atoms. The second-order valence-electron chi connectivity index (χ2n) is 2.48. The van der Waals surface area contributed by atoms with Crippen LogP contribution in [0.3, 0.4) is 0 Å². The lowest BCUT2D eigenvalue weighted by Crippen LogP contribution is -2.11. The monoisotopic (exact) mass is 200 g/mol. The minimum absolute atomic E-state index is 0.0298. The molecule has 0 atom stereocenters. The fraction of sp³-hybridized carbons (Fsp3) is 0.143. The van der Waals surface area contributed by atoms with Crippen molar-refractivity contribution in [1.29, 1.82) is 0 Å². The molecule has 2 N–H and O–H groups in total. The van der Waals surface area contributed by atoms with Crippen molar-refractivity contribution in [3.8, 4) is 0 Å². The number of nitrogens with two attached hydrogens (primary N) is 1. The Balaban J connectivity index is 3.01. The van der Waals surface area contributed by atoms with E-state index in [9.17, 15) is 13.3 Å². The number of nitrogens with zero attached hydrogens (tertiary/aromatic N) is 1. The van der Waals surface area contributed by atoms with Gasteiger partial charge in [0.1, 0.15) is 6.54 Å². The lowest BCUT2D eigenvalue weighted by atomic mass is 10.2. The second-order valence-corrected chi connectivity index (χ2v) is 4.04. The zero-order valence-electron chi connectivity index (χ0n) is 6.67. The first-order valence-corrected chi connectivity index (χ1v) is 4.99. The number of benzene rings is 1. The van der Waals surface area contributed by atoms with E-state index in [4.69, 9.17) is 5.14 Å². The number of hydrogen-bond donors (Lipinski definition) is 1. The van der Waals surface area contributed by atoms with Crippen LogP contribution in [0.5, 0.6) is 0 Å². The molecule has 0 aromatic heterocycles. The third-order valence-corrected chi connectivity index (χ3v) is 2.43. The van der Waals surface area contributed by atoms with E-state index >= 15 is 0 Å². The first-order chi connectivity index (χ1) is 6.04. The molecule has 0 heterocycles. The van der Waals surface area contributed by atoms with E-state index in [1.807, 2.05) is 0 Å². The summed E-state index contributed by atoms with van der Waals surface area (Å²) >= 11 is 0. The zero-order chi connectivity index (χ0) is 9.90. The van der Waals surface area contributed by atoms with E-state index in [0.717, 1.165) is 0 Å². The molecule has 0 saturated heterocycles. The molecule has 0 spiro atoms. The van der Waals surface area contributed by atoms with Crippen molar-refractivity contribution in [3.63, 3.8) is 0 Å². The lowest BCUT2D eigenvalue weighted by molar-refractivity contribution is 0.598. The Bertz CT molecular complexity index is 396. The van der Waals surface area contributed by atoms with Gasteiger partial charge in [-0.3, -0.25) is 0 Å². The molecule has 1 aromatic carbocycles. The first-order valence-electron chi connectivity index (χ1n) is 3.45. The summed E-state index contributed by atoms with van der Waals surface area (Å²) in [7, 11) is -3.64. The predicted molar refractivity (Wildman–Crippen MR) is 47.3 cm³/mol. The molecule has 0 unspecified atom stereocenters. The molecule has 6 heteroatoms. The van der Waals surface area contributed by atoms with Gasteiger partial charge in [-0.2, -0.15) is 4.91 Å². The molecule has 1 aromatic rings. The molecule has 0 aliphatic heterocycles. The van der Waals surface area contributed by atoms with Crippen LogP contribution in [0.2, 0.25) is 0 Å². The highest BCUT2D eigenvalue weighted by molar-refractivity contribution is 7.89. The van der Waals surface area contributed by atoms with E-state index < -0.39 is 10.0 Å². The van der Waals surface area contributed by atoms with Crippen LogP contribution in [0.4, 0.5) is 0 Å². The summed E-state index contributed by atoms with van der Waals surface area (Å²) in [6, 6.07) is 5.69. The number of primary sulfonamides is 1. The molecule has 0 amide bonds. The van der Waals surface area contributed by atoms with Gasteiger partial charge in [0, 0.05) is 0 Å². The van der Waals surface area contributed by atoms with Crippen molar-refractivity contribution >= 4 is 10.0 Å². The predicted octanol–water partition coefficient (Wildman–Crippen LogP) is 0.600. The largest absolute Gasteiger partial charge is 0.238 e. The van der Waals surface area contributed by atoms with Crippen molar-refractivity contribution in [2.24, 2.45) is 10.3 Å². The molecule has 70 valence electrons. The number of nitroso groups, excluding NO2 is 1. The van der Waals surface area contributed by atoms with Gasteiger partial charge in [-0.15, -0.1) is 0 Å². The summed E-state index contributed by atoms with van der Waals surface area (Å²) < 4.78 is 21.6. The molecule has 0 saturated carbocycles. The zero-order valence-corrected chi connectivity index (χ0v) is 7.49. The Morgan fingerprint density at radius 3 is 2.15 bits per heavy atom. The summed E-state index contributed by atoms with van der Waals surface area (Å²) in [5.41, 5.74) is 0.655. The standard InChI is InChI=1S/C7H8N2O3S/c8-13(11,12)7-3-1-6(2-4-7)5-9-10/h1-4H,5H2,(H2,8,11,12). The van der Waals surface area contributed by atoms with Crippen LogP contribution in [0.1, 0.15) is 5.56 Å². The normalized spacial score (nSPS) is 11.2. The minimum Gasteiger partial charge on any atom is -0.225 e. The molecule has 0 aliphatic rings. The topological polar surface area (TPSA) is 89.6 Å². The summed E-state index contributed by atoms with van der Waals surface area (Å²) in [6.07, 6.45) is 0. The van der Waals surface area contributed by atoms with Crippen LogP contribution in [-0.2, 0) is 16.6 Å². The van der Waals surface area contributed by atoms with Gasteiger partial charge in [-0.05, 0) is 17.7 Å². The van der Waals surface area contributed by atoms with Gasteiger partial charge < -0.3 is 0 Å². The molecular formula is C7H8N2O3S. The highest BCUT2D eigenvalue weighted by Crippen LogP contribution is 2.09. The van der Waals surface area contributed by atoms with Crippen LogP contribution in [0.15, 0.2) is 34.3 Å². The number of hydrogen-bond acceptors (Lipinski definition) is 4. The fourth-order valence-corrected chi connectivity index (χ4v) is 1.37. The molecular weight excluding hydrogens is 192 g/mol. The Labute approximate surface area is 75.6 Å². The highest BCUT2D eigenvalue weighted by atomic mass is 32.2. The third kappa shape index (κ3) is 2.60. The van der Waals surface area contributed by atoms with E-state index in [2.05, 4.69) is 5.18 Å². The molecule has 0 fully saturated rings. The smallest absolute Gasteiger partial charge is 0.225 e. The van der Waals surface area contributed by atoms with Gasteiger partial charge in [0.05, 0.1) is 4.90 Å². The van der Waals surface area contributed by atoms with Gasteiger partial charge in [0.25, 0.3) is 0 Å². The van der Waals surface area contributed by atoms with Crippen LogP contribution >= 0.6 is 0 Å². The Morgan fingerprint density at radius 2 is 1.77 bits per heavy atom. The quantitative estimate of drug-likeness (QED) is 0.724. The highest BCUT2D eigenvalue weighted by Gasteiger charge is 2.06. The van der Waals surface area contributed by atoms with E-state index in [1.54, 1.807) is 0 Å². The summed E-state index contributed by atoms with van der Waals surface area (Å²) in [6.45, 7) is 0.0326. The minimum atomic E-state index is -3.64. The van der Waals surface area contributed by atoms with Crippen molar-refractivity contribution in [1.82, 2.24) is 0 Å². The van der Waals surface area contributed by atoms with Crippen molar-refractivity contribution in [2.75, 3.05) is 0 Å². The molecule has 0 aliphatic carbocycles. The Kier molecular flexibility index (Phi) is 2.74. The summed E-state index contributed by atoms with van der Waals surface area (Å²) in [5, 5.41) is 7.53. The summed E-state index contributed by atoms with van der Waals surface area (Å²) in [5.74, 6) is 0. The van der Waals surface area contributed by atoms with Crippen molar-refractivity contribution in [3.05, 3.63) is 34.7 Å². The van der Waals surface area contributed by atoms with E-state index in [0.29, 0.717) is 5.56 Å². The maximum atomic E-state index is 10.8. The average molecular weight is 200 g/mol. The molecule has 0 radical (unpaired) electrons. The molecule has 1 rings (SSSR count). The van der Waals surface area contributed by atoms with E-state index in [-0.39, 0.29) is 11.4 Å². The van der Waals surface area contributed by atoms with Gasteiger partial charge in [-0.1, -0.05) is 17.3 Å². The van der Waals surface area contributed by atoms with Crippen LogP contribution in [0.25, 0.3) is 0 Å². The maximum Gasteiger partial charge on any atom is 0.238 e. The Hall–Kier alpha value is -1.27. The van der Waals surface area contributed by atoms with Crippen LogP contribution in [-0.4, -0.2) is 8.42 Å². The van der Waals surface area contributed by atoms with Crippen molar-refractivity contribution in [2.45, 2.75) is 11.4 Å². The number of sulfonamides is 1. The third-order valence-electron chi connectivity index (χ3n) is 1.50. The van der Waals surface area contributed by atoms with Gasteiger partial charge >= 0.3 is 0 Å². The second kappa shape index (κ2) is 3.63. The lowest BCUT2D eigenvalue weighted by Gasteiger charge is -1.98. The van der Waals surface area contributed by atoms with Crippen LogP contribution < -0.4 is 5.14 Å². The van der Waals surface area contributed by atoms with E-state index in [1.165, 1.54) is 24.3 Å². The van der Waals surface area contributed by atoms with Gasteiger partial charge in [0.15, 0.2) is 0 Å². The molecule has 5 nitrogen and oxygen atoms in total. The van der Waals surface area contributed by atoms with Gasteiger partial charge in [0.2, 0.25) is 10.0 Å². The fourth-order valence-electron chi connectivity index (χ4n) is 0.859. The van der Waals surface area contributed by atoms with Crippen molar-refractivity contribution < 1.29 is 8.42 Å². The summed E-state index contributed by atoms with van der Waals surface area (Å²) in [4.78, 5) is 9.89. The maximum absolute atomic E-state index is 10.8. The van der Waals surface area contributed by atoms with Gasteiger partial charge in [-0.25, -0.2) is 13.6 Å².